The SMILES string of the molecule is CCCCCCCCCCCCCCCCCCC(C)C(O)CCCCCCCCCCCCCCCCCC. The molecule has 2 unspecified atom stereocenters. The molecule has 0 aromatic heterocycles. The van der Waals surface area contributed by atoms with Crippen LogP contribution in [-0.2, 0) is 0 Å². The van der Waals surface area contributed by atoms with E-state index < -0.39 is 0 Å². The molecule has 0 aliphatic rings. The molecular formula is C39H80O. The Morgan fingerprint density at radius 1 is 0.300 bits per heavy atom. The minimum absolute atomic E-state index is 0.0667. The lowest BCUT2D eigenvalue weighted by atomic mass is 9.93. The monoisotopic (exact) mass is 565 g/mol. The lowest BCUT2D eigenvalue weighted by Gasteiger charge is -2.18. The fourth-order valence-electron chi connectivity index (χ4n) is 6.39. The minimum atomic E-state index is -0.0667. The Morgan fingerprint density at radius 3 is 0.750 bits per heavy atom. The molecule has 1 nitrogen and oxygen atoms in total. The van der Waals surface area contributed by atoms with Crippen molar-refractivity contribution in [1.29, 1.82) is 0 Å². The van der Waals surface area contributed by atoms with Gasteiger partial charge >= 0.3 is 0 Å². The summed E-state index contributed by atoms with van der Waals surface area (Å²) in [5.41, 5.74) is 0. The van der Waals surface area contributed by atoms with Gasteiger partial charge in [0, 0.05) is 0 Å². The molecule has 40 heavy (non-hydrogen) atoms. The molecule has 1 N–H and O–H groups in total. The fourth-order valence-corrected chi connectivity index (χ4v) is 6.39. The third-order valence-corrected chi connectivity index (χ3v) is 9.52. The van der Waals surface area contributed by atoms with Gasteiger partial charge in [-0.1, -0.05) is 226 Å². The zero-order valence-corrected chi connectivity index (χ0v) is 28.6. The molecule has 0 radical (unpaired) electrons. The molecular weight excluding hydrogens is 484 g/mol. The molecule has 0 aromatic rings. The molecule has 1 heteroatoms. The van der Waals surface area contributed by atoms with E-state index in [1.54, 1.807) is 0 Å². The first-order valence-corrected chi connectivity index (χ1v) is 19.4. The van der Waals surface area contributed by atoms with Crippen molar-refractivity contribution >= 4 is 0 Å². The van der Waals surface area contributed by atoms with E-state index >= 15 is 0 Å². The average molecular weight is 565 g/mol. The highest BCUT2D eigenvalue weighted by atomic mass is 16.3. The summed E-state index contributed by atoms with van der Waals surface area (Å²) in [6, 6.07) is 0. The normalized spacial score (nSPS) is 13.2. The van der Waals surface area contributed by atoms with Crippen LogP contribution in [0.2, 0.25) is 0 Å². The standard InChI is InChI=1S/C39H80O/c1-4-6-8-10-12-14-16-18-20-22-24-26-28-30-32-34-36-38(3)39(40)37-35-33-31-29-27-25-23-21-19-17-15-13-11-9-7-5-2/h38-40H,4-37H2,1-3H3. The number of hydrogen-bond acceptors (Lipinski definition) is 1. The van der Waals surface area contributed by atoms with E-state index in [-0.39, 0.29) is 6.10 Å². The quantitative estimate of drug-likeness (QED) is 0.0759. The van der Waals surface area contributed by atoms with Crippen LogP contribution >= 0.6 is 0 Å². The molecule has 0 rings (SSSR count). The van der Waals surface area contributed by atoms with E-state index in [0.29, 0.717) is 5.92 Å². The van der Waals surface area contributed by atoms with Gasteiger partial charge in [0.2, 0.25) is 0 Å². The van der Waals surface area contributed by atoms with Crippen LogP contribution in [-0.4, -0.2) is 11.2 Å². The van der Waals surface area contributed by atoms with Crippen LogP contribution in [0.4, 0.5) is 0 Å². The maximum Gasteiger partial charge on any atom is 0.0565 e. The second-order valence-electron chi connectivity index (χ2n) is 13.7. The lowest BCUT2D eigenvalue weighted by Crippen LogP contribution is -2.17. The summed E-state index contributed by atoms with van der Waals surface area (Å²) in [5.74, 6) is 0.489. The van der Waals surface area contributed by atoms with Gasteiger partial charge in [-0.25, -0.2) is 0 Å². The van der Waals surface area contributed by atoms with E-state index in [4.69, 9.17) is 0 Å². The molecule has 0 aliphatic carbocycles. The Kier molecular flexibility index (Phi) is 35.1. The molecule has 0 heterocycles. The van der Waals surface area contributed by atoms with Crippen LogP contribution in [0, 0.1) is 5.92 Å². The highest BCUT2D eigenvalue weighted by Crippen LogP contribution is 2.20. The Morgan fingerprint density at radius 2 is 0.500 bits per heavy atom. The molecule has 242 valence electrons. The molecule has 0 saturated carbocycles. The van der Waals surface area contributed by atoms with Crippen molar-refractivity contribution in [3.05, 3.63) is 0 Å². The van der Waals surface area contributed by atoms with Crippen molar-refractivity contribution in [3.8, 4) is 0 Å². The third-order valence-electron chi connectivity index (χ3n) is 9.52. The van der Waals surface area contributed by atoms with E-state index in [9.17, 15) is 5.11 Å². The Balaban J connectivity index is 3.26. The van der Waals surface area contributed by atoms with Gasteiger partial charge in [0.05, 0.1) is 6.10 Å². The summed E-state index contributed by atoms with van der Waals surface area (Å²) < 4.78 is 0. The fraction of sp³-hybridized carbons (Fsp3) is 1.00. The zero-order valence-electron chi connectivity index (χ0n) is 28.6. The highest BCUT2D eigenvalue weighted by molar-refractivity contribution is 4.65. The number of aliphatic hydroxyl groups excluding tert-OH is 1. The van der Waals surface area contributed by atoms with Crippen LogP contribution in [0.25, 0.3) is 0 Å². The topological polar surface area (TPSA) is 20.2 Å². The van der Waals surface area contributed by atoms with Crippen molar-refractivity contribution in [3.63, 3.8) is 0 Å². The first-order valence-electron chi connectivity index (χ1n) is 19.4. The van der Waals surface area contributed by atoms with Gasteiger partial charge in [0.1, 0.15) is 0 Å². The largest absolute Gasteiger partial charge is 0.393 e. The predicted octanol–water partition coefficient (Wildman–Crippen LogP) is 14.3. The van der Waals surface area contributed by atoms with Gasteiger partial charge in [-0.15, -0.1) is 0 Å². The van der Waals surface area contributed by atoms with Crippen molar-refractivity contribution in [2.75, 3.05) is 0 Å². The van der Waals surface area contributed by atoms with Gasteiger partial charge in [-0.2, -0.15) is 0 Å². The van der Waals surface area contributed by atoms with E-state index in [0.717, 1.165) is 6.42 Å². The van der Waals surface area contributed by atoms with Gasteiger partial charge in [-0.3, -0.25) is 0 Å². The van der Waals surface area contributed by atoms with Gasteiger partial charge in [-0.05, 0) is 18.8 Å². The summed E-state index contributed by atoms with van der Waals surface area (Å²) in [7, 11) is 0. The summed E-state index contributed by atoms with van der Waals surface area (Å²) >= 11 is 0. The molecule has 0 aromatic carbocycles. The second kappa shape index (κ2) is 35.2. The van der Waals surface area contributed by atoms with Crippen molar-refractivity contribution < 1.29 is 5.11 Å². The Hall–Kier alpha value is -0.0400. The highest BCUT2D eigenvalue weighted by Gasteiger charge is 2.13. The maximum atomic E-state index is 10.6. The smallest absolute Gasteiger partial charge is 0.0565 e. The van der Waals surface area contributed by atoms with Crippen molar-refractivity contribution in [2.45, 2.75) is 245 Å². The molecule has 0 saturated heterocycles. The first kappa shape index (κ1) is 40.0. The number of unbranched alkanes of at least 4 members (excludes halogenated alkanes) is 30. The summed E-state index contributed by atoms with van der Waals surface area (Å²) in [6.07, 6.45) is 47.7. The lowest BCUT2D eigenvalue weighted by molar-refractivity contribution is 0.0985. The van der Waals surface area contributed by atoms with Gasteiger partial charge in [0.15, 0.2) is 0 Å². The van der Waals surface area contributed by atoms with Crippen LogP contribution < -0.4 is 0 Å². The van der Waals surface area contributed by atoms with E-state index in [1.165, 1.54) is 212 Å². The summed E-state index contributed by atoms with van der Waals surface area (Å²) in [6.45, 7) is 6.88. The summed E-state index contributed by atoms with van der Waals surface area (Å²) in [5, 5.41) is 10.6. The number of aliphatic hydroxyl groups is 1. The van der Waals surface area contributed by atoms with Crippen molar-refractivity contribution in [2.24, 2.45) is 5.92 Å². The molecule has 0 fully saturated rings. The van der Waals surface area contributed by atoms with Crippen LogP contribution in [0.5, 0.6) is 0 Å². The number of rotatable bonds is 35. The van der Waals surface area contributed by atoms with E-state index in [2.05, 4.69) is 20.8 Å². The van der Waals surface area contributed by atoms with Gasteiger partial charge < -0.3 is 5.11 Å². The minimum Gasteiger partial charge on any atom is -0.393 e. The van der Waals surface area contributed by atoms with Crippen LogP contribution in [0.15, 0.2) is 0 Å². The number of hydrogen-bond donors (Lipinski definition) is 1. The molecule has 0 aliphatic heterocycles. The maximum absolute atomic E-state index is 10.6. The molecule has 2 atom stereocenters. The van der Waals surface area contributed by atoms with Crippen molar-refractivity contribution in [1.82, 2.24) is 0 Å². The average Bonchev–Trinajstić information content (AvgIpc) is 2.96. The predicted molar refractivity (Wildman–Crippen MR) is 183 cm³/mol. The van der Waals surface area contributed by atoms with Crippen LogP contribution in [0.3, 0.4) is 0 Å². The Labute approximate surface area is 255 Å². The molecule has 0 bridgehead atoms. The molecule has 0 spiro atoms. The second-order valence-corrected chi connectivity index (χ2v) is 13.7. The Bertz CT molecular complexity index is 393. The van der Waals surface area contributed by atoms with Crippen LogP contribution in [0.1, 0.15) is 239 Å². The third kappa shape index (κ3) is 32.5. The zero-order chi connectivity index (χ0) is 29.2. The summed E-state index contributed by atoms with van der Waals surface area (Å²) in [4.78, 5) is 0. The molecule has 0 amide bonds. The first-order chi connectivity index (χ1) is 19.7. The van der Waals surface area contributed by atoms with Gasteiger partial charge in [0.25, 0.3) is 0 Å². The van der Waals surface area contributed by atoms with E-state index in [1.807, 2.05) is 0 Å².